The molecule has 32 heteroatoms. The largest absolute Gasteiger partial charge is 0.481 e. The average Bonchev–Trinajstić information content (AvgIpc) is 1.52. The van der Waals surface area contributed by atoms with Crippen LogP contribution in [0.15, 0.2) is 56.8 Å². The number of aliphatic imine (C=N–C) groups is 3. The molecule has 5 aliphatic rings. The summed E-state index contributed by atoms with van der Waals surface area (Å²) in [7, 11) is 0. The SMILES string of the molecule is CC(=O)CNC(=O)[C@@H]1C[C@@H](O)CN1C(=O)[C@@H]1CCCN1C(=O)[C@H](CCCN=C(N)N)CC(=O)[C@H](N)CCCN=C(N)N.CC(=O)O.CC[C@@H](Cc1cccs1)C(=O)N[C@@H](CO)C(=O)N1Cc2ccccc2C[C@@H]1C(=O)N1[C@H](C(=O)C[C@@H](CCCN=C(N)N)C(=O)O)C[C@@H]2CCCC[C@@H]21. The number of fused-ring (bicyclic) bond motifs is 2. The Labute approximate surface area is 575 Å². The van der Waals surface area contributed by atoms with Crippen LogP contribution in [0.1, 0.15) is 146 Å². The number of likely N-dealkylation sites (tertiary alicyclic amines) is 3. The number of amides is 6. The van der Waals surface area contributed by atoms with Crippen LogP contribution in [-0.2, 0) is 72.1 Å². The first kappa shape index (κ1) is 80.1. The van der Waals surface area contributed by atoms with Crippen LogP contribution in [0, 0.1) is 23.7 Å². The minimum absolute atomic E-state index is 0.0269. The Kier molecular flexibility index (Phi) is 32.4. The van der Waals surface area contributed by atoms with Crippen LogP contribution in [0.3, 0.4) is 0 Å². The molecule has 1 aromatic carbocycles. The number of hydrogen-bond donors (Lipinski definition) is 13. The van der Waals surface area contributed by atoms with Gasteiger partial charge in [0.1, 0.15) is 35.7 Å². The topological polar surface area (TPSA) is 525 Å². The summed E-state index contributed by atoms with van der Waals surface area (Å²) in [5.74, 6) is -7.66. The Morgan fingerprint density at radius 2 is 1.29 bits per heavy atom. The van der Waals surface area contributed by atoms with Crippen molar-refractivity contribution in [1.29, 1.82) is 0 Å². The third kappa shape index (κ3) is 24.1. The van der Waals surface area contributed by atoms with Crippen LogP contribution in [0.25, 0.3) is 0 Å². The number of guanidine groups is 3. The number of nitrogens with one attached hydrogen (secondary N) is 2. The zero-order valence-corrected chi connectivity index (χ0v) is 57.2. The van der Waals surface area contributed by atoms with E-state index in [-0.39, 0.29) is 136 Å². The predicted molar refractivity (Wildman–Crippen MR) is 366 cm³/mol. The number of Topliss-reactive ketones (excluding diaryl/α,β-unsaturated/α-hetero) is 3. The normalized spacial score (nSPS) is 21.5. The number of carbonyl (C=O) groups excluding carboxylic acids is 9. The molecule has 1 aromatic heterocycles. The van der Waals surface area contributed by atoms with Gasteiger partial charge in [0.2, 0.25) is 35.4 Å². The van der Waals surface area contributed by atoms with Crippen LogP contribution < -0.4 is 50.8 Å². The van der Waals surface area contributed by atoms with E-state index in [4.69, 9.17) is 50.0 Å². The molecule has 31 nitrogen and oxygen atoms in total. The molecule has 4 fully saturated rings. The molecule has 98 heavy (non-hydrogen) atoms. The number of hydrogen-bond acceptors (Lipinski definition) is 18. The summed E-state index contributed by atoms with van der Waals surface area (Å²) in [5.41, 5.74) is 40.1. The maximum absolute atomic E-state index is 14.9. The molecule has 3 saturated heterocycles. The number of aliphatic hydroxyl groups is 2. The molecule has 0 radical (unpaired) electrons. The van der Waals surface area contributed by atoms with Crippen molar-refractivity contribution in [2.45, 2.75) is 198 Å². The van der Waals surface area contributed by atoms with Gasteiger partial charge in [-0.3, -0.25) is 67.7 Å². The molecule has 542 valence electrons. The molecule has 0 unspecified atom stereocenters. The van der Waals surface area contributed by atoms with E-state index in [0.717, 1.165) is 48.6 Å². The molecule has 2 aromatic rings. The second kappa shape index (κ2) is 39.7. The maximum atomic E-state index is 14.9. The van der Waals surface area contributed by atoms with Gasteiger partial charge in [-0.05, 0) is 119 Å². The van der Waals surface area contributed by atoms with Crippen LogP contribution in [0.2, 0.25) is 0 Å². The van der Waals surface area contributed by atoms with Crippen LogP contribution in [-0.4, -0.2) is 217 Å². The van der Waals surface area contributed by atoms with Crippen molar-refractivity contribution in [3.8, 4) is 0 Å². The maximum Gasteiger partial charge on any atom is 0.306 e. The third-order valence-corrected chi connectivity index (χ3v) is 19.3. The Bertz CT molecular complexity index is 3150. The number of aliphatic hydroxyl groups excluding tert-OH is 2. The molecule has 20 N–H and O–H groups in total. The number of aliphatic carboxylic acids is 2. The lowest BCUT2D eigenvalue weighted by molar-refractivity contribution is -0.153. The van der Waals surface area contributed by atoms with Gasteiger partial charge in [-0.2, -0.15) is 0 Å². The molecular weight excluding hydrogens is 1290 g/mol. The number of ketones is 3. The summed E-state index contributed by atoms with van der Waals surface area (Å²) in [5, 5.41) is 45.3. The van der Waals surface area contributed by atoms with Gasteiger partial charge in [0.15, 0.2) is 23.7 Å². The first-order valence-electron chi connectivity index (χ1n) is 33.7. The molecule has 1 aliphatic carbocycles. The van der Waals surface area contributed by atoms with E-state index in [1.165, 1.54) is 21.6 Å². The number of nitrogens with zero attached hydrogens (tertiary/aromatic N) is 7. The van der Waals surface area contributed by atoms with Crippen LogP contribution in [0.5, 0.6) is 0 Å². The number of rotatable bonds is 32. The predicted octanol–water partition coefficient (Wildman–Crippen LogP) is -0.634. The lowest BCUT2D eigenvalue weighted by Gasteiger charge is -2.42. The van der Waals surface area contributed by atoms with Crippen molar-refractivity contribution in [1.82, 2.24) is 30.2 Å². The highest BCUT2D eigenvalue weighted by molar-refractivity contribution is 7.09. The van der Waals surface area contributed by atoms with Gasteiger partial charge < -0.3 is 90.8 Å². The number of thiophene rings is 1. The molecule has 0 bridgehead atoms. The van der Waals surface area contributed by atoms with E-state index in [0.29, 0.717) is 70.9 Å². The Morgan fingerprint density at radius 1 is 0.673 bits per heavy atom. The molecular formula is C66H102N16O15S. The highest BCUT2D eigenvalue weighted by Crippen LogP contribution is 2.42. The van der Waals surface area contributed by atoms with Crippen LogP contribution in [0.4, 0.5) is 0 Å². The van der Waals surface area contributed by atoms with Gasteiger partial charge in [-0.1, -0.05) is 50.1 Å². The van der Waals surface area contributed by atoms with E-state index in [9.17, 15) is 63.3 Å². The van der Waals surface area contributed by atoms with Crippen molar-refractivity contribution in [3.05, 3.63) is 57.8 Å². The first-order valence-corrected chi connectivity index (χ1v) is 34.5. The average molecular weight is 1390 g/mol. The number of carboxylic acid groups (broad SMARTS) is 2. The van der Waals surface area contributed by atoms with Gasteiger partial charge in [0.25, 0.3) is 5.97 Å². The van der Waals surface area contributed by atoms with Gasteiger partial charge in [0.05, 0.1) is 37.3 Å². The highest BCUT2D eigenvalue weighted by Gasteiger charge is 2.52. The summed E-state index contributed by atoms with van der Waals surface area (Å²) in [6.45, 7) is 4.64. The zero-order valence-electron chi connectivity index (χ0n) is 56.4. The highest BCUT2D eigenvalue weighted by atomic mass is 32.1. The molecule has 6 amide bonds. The second-order valence-electron chi connectivity index (χ2n) is 25.7. The molecule has 4 aliphatic heterocycles. The number of carboxylic acids is 2. The molecule has 7 rings (SSSR count). The Morgan fingerprint density at radius 3 is 1.87 bits per heavy atom. The first-order chi connectivity index (χ1) is 46.6. The molecule has 0 spiro atoms. The minimum Gasteiger partial charge on any atom is -0.481 e. The second-order valence-corrected chi connectivity index (χ2v) is 26.8. The number of benzene rings is 1. The van der Waals surface area contributed by atoms with E-state index < -0.39 is 96.4 Å². The summed E-state index contributed by atoms with van der Waals surface area (Å²) >= 11 is 1.55. The van der Waals surface area contributed by atoms with E-state index in [1.807, 2.05) is 48.7 Å². The Hall–Kier alpha value is -8.62. The number of β-amino-alcohol motifs (C(OH)–C–C–N with tert-alkyl or cyclic N) is 1. The quantitative estimate of drug-likeness (QED) is 0.0246. The minimum atomic E-state index is -1.26. The van der Waals surface area contributed by atoms with E-state index in [1.54, 1.807) is 16.2 Å². The standard InChI is InChI=1S/C38H52N6O7S.C26H46N10O6.C2H4O2/c1-2-23(17-28-13-8-16-52-28)34(47)42-29(22-45)35(48)43-21-27-11-4-3-9-24(27)18-32(43)36(49)44-30-14-6-5-10-25(30)19-31(44)33(46)20-26(37(50)51)12-7-15-41-38(39)40;1-15(37)13-34-22(40)20-12-17(38)14-36(20)24(42)19-7-4-10-35(19)23(41)16(5-2-8-32-25(28)29)11-21(39)18(27)6-3-9-33-26(30)31;1-2(3)4/h3-4,8-9,11,13,16,23,25-26,29-32,45H,2,5-7,10,12,14-15,17-22H2,1H3,(H,42,47)(H,50,51)(H4,39,40,41);16-20,38H,2-14,27H2,1H3,(H,34,40)(H4,28,29,32)(H4,30,31,33);1H3,(H,3,4)/t23-,25-,26+,29-,30-,31-,32+;16-,17-,18-,19+,20+;/m01./s1. The van der Waals surface area contributed by atoms with Crippen molar-refractivity contribution < 1.29 is 73.2 Å². The number of nitrogens with two attached hydrogens (primary N) is 7. The fourth-order valence-electron chi connectivity index (χ4n) is 13.5. The van der Waals surface area contributed by atoms with Gasteiger partial charge >= 0.3 is 5.97 Å². The molecule has 1 saturated carbocycles. The molecule has 12 atom stereocenters. The van der Waals surface area contributed by atoms with Crippen molar-refractivity contribution in [3.63, 3.8) is 0 Å². The smallest absolute Gasteiger partial charge is 0.306 e. The summed E-state index contributed by atoms with van der Waals surface area (Å²) < 4.78 is 0. The fraction of sp³-hybridized carbons (Fsp3) is 0.636. The van der Waals surface area contributed by atoms with Gasteiger partial charge in [-0.15, -0.1) is 11.3 Å². The summed E-state index contributed by atoms with van der Waals surface area (Å²) in [4.78, 5) is 161. The van der Waals surface area contributed by atoms with Crippen molar-refractivity contribution in [2.24, 2.45) is 78.8 Å². The van der Waals surface area contributed by atoms with Gasteiger partial charge in [0, 0.05) is 94.6 Å². The fourth-order valence-corrected chi connectivity index (χ4v) is 14.3. The zero-order chi connectivity index (χ0) is 72.3. The lowest BCUT2D eigenvalue weighted by Crippen LogP contribution is -2.61. The summed E-state index contributed by atoms with van der Waals surface area (Å²) in [6, 6.07) is 5.56. The van der Waals surface area contributed by atoms with Crippen molar-refractivity contribution >= 4 is 93.9 Å². The lowest BCUT2D eigenvalue weighted by atomic mass is 9.84. The third-order valence-electron chi connectivity index (χ3n) is 18.4. The monoisotopic (exact) mass is 1390 g/mol. The molecule has 5 heterocycles. The summed E-state index contributed by atoms with van der Waals surface area (Å²) in [6.07, 6.45) is 6.96. The Balaban J connectivity index is 0.000000343. The van der Waals surface area contributed by atoms with Gasteiger partial charge in [-0.25, -0.2) is 0 Å². The number of carbonyl (C=O) groups is 11. The van der Waals surface area contributed by atoms with Crippen molar-refractivity contribution in [2.75, 3.05) is 45.9 Å². The van der Waals surface area contributed by atoms with Crippen LogP contribution >= 0.6 is 11.3 Å². The van der Waals surface area contributed by atoms with E-state index >= 15 is 0 Å². The van der Waals surface area contributed by atoms with E-state index in [2.05, 4.69) is 25.6 Å².